The Morgan fingerprint density at radius 2 is 2.35 bits per heavy atom. The zero-order valence-corrected chi connectivity index (χ0v) is 13.3. The molecular weight excluding hydrogens is 292 g/mol. The van der Waals surface area contributed by atoms with Crippen LogP contribution in [0.3, 0.4) is 0 Å². The summed E-state index contributed by atoms with van der Waals surface area (Å²) in [7, 11) is 0. The average Bonchev–Trinajstić information content (AvgIpc) is 2.99. The molecule has 1 amide bonds. The van der Waals surface area contributed by atoms with Gasteiger partial charge in [-0.3, -0.25) is 4.79 Å². The lowest BCUT2D eigenvalue weighted by molar-refractivity contribution is -0.134. The van der Waals surface area contributed by atoms with Crippen LogP contribution in [0.4, 0.5) is 0 Å². The third kappa shape index (κ3) is 4.18. The van der Waals surface area contributed by atoms with Crippen molar-refractivity contribution in [2.24, 2.45) is 0 Å². The molecule has 0 spiro atoms. The van der Waals surface area contributed by atoms with E-state index in [1.165, 1.54) is 5.56 Å². The number of rotatable bonds is 5. The highest BCUT2D eigenvalue weighted by atomic mass is 16.5. The van der Waals surface area contributed by atoms with Gasteiger partial charge < -0.3 is 19.9 Å². The van der Waals surface area contributed by atoms with Gasteiger partial charge in [0.05, 0.1) is 6.61 Å². The number of hydrogen-bond donors (Lipinski definition) is 2. The normalized spacial score (nSPS) is 17.9. The summed E-state index contributed by atoms with van der Waals surface area (Å²) < 4.78 is 7.55. The Morgan fingerprint density at radius 3 is 3.09 bits per heavy atom. The molecule has 1 fully saturated rings. The van der Waals surface area contributed by atoms with Crippen LogP contribution in [0.1, 0.15) is 17.0 Å². The van der Waals surface area contributed by atoms with Crippen molar-refractivity contribution in [3.63, 3.8) is 0 Å². The second-order valence-corrected chi connectivity index (χ2v) is 5.70. The van der Waals surface area contributed by atoms with Gasteiger partial charge in [-0.2, -0.15) is 0 Å². The van der Waals surface area contributed by atoms with Crippen LogP contribution in [0.15, 0.2) is 36.7 Å². The maximum Gasteiger partial charge on any atom is 0.250 e. The third-order valence-electron chi connectivity index (χ3n) is 3.95. The first-order valence-electron chi connectivity index (χ1n) is 7.88. The SMILES string of the molecule is Cc1nccn1Cc1cccc(CNC(=O)[C@@H]2CNCCO2)c1. The average molecular weight is 314 g/mol. The van der Waals surface area contributed by atoms with Crippen LogP contribution in [-0.4, -0.2) is 41.3 Å². The first-order chi connectivity index (χ1) is 11.2. The molecule has 0 aliphatic carbocycles. The lowest BCUT2D eigenvalue weighted by Gasteiger charge is -2.22. The number of hydrogen-bond acceptors (Lipinski definition) is 4. The summed E-state index contributed by atoms with van der Waals surface area (Å²) in [4.78, 5) is 16.3. The number of amides is 1. The summed E-state index contributed by atoms with van der Waals surface area (Å²) >= 11 is 0. The van der Waals surface area contributed by atoms with Crippen molar-refractivity contribution >= 4 is 5.91 Å². The van der Waals surface area contributed by atoms with Crippen molar-refractivity contribution < 1.29 is 9.53 Å². The predicted molar refractivity (Wildman–Crippen MR) is 87.0 cm³/mol. The summed E-state index contributed by atoms with van der Waals surface area (Å²) in [6.07, 6.45) is 3.38. The number of aromatic nitrogens is 2. The van der Waals surface area contributed by atoms with Gasteiger partial charge in [0.2, 0.25) is 0 Å². The van der Waals surface area contributed by atoms with Crippen molar-refractivity contribution in [3.05, 3.63) is 53.6 Å². The van der Waals surface area contributed by atoms with Gasteiger partial charge in [0, 0.05) is 38.6 Å². The summed E-state index contributed by atoms with van der Waals surface area (Å²) in [6.45, 7) is 5.24. The van der Waals surface area contributed by atoms with Gasteiger partial charge in [0.1, 0.15) is 11.9 Å². The minimum Gasteiger partial charge on any atom is -0.366 e. The summed E-state index contributed by atoms with van der Waals surface area (Å²) in [5.41, 5.74) is 2.27. The fourth-order valence-electron chi connectivity index (χ4n) is 2.64. The van der Waals surface area contributed by atoms with Crippen molar-refractivity contribution in [1.82, 2.24) is 20.2 Å². The Kier molecular flexibility index (Phi) is 5.05. The molecule has 6 heteroatoms. The van der Waals surface area contributed by atoms with E-state index in [1.807, 2.05) is 25.3 Å². The molecule has 0 saturated carbocycles. The van der Waals surface area contributed by atoms with Crippen LogP contribution >= 0.6 is 0 Å². The van der Waals surface area contributed by atoms with Gasteiger partial charge in [-0.15, -0.1) is 0 Å². The predicted octanol–water partition coefficient (Wildman–Crippen LogP) is 0.844. The lowest BCUT2D eigenvalue weighted by Crippen LogP contribution is -2.47. The largest absolute Gasteiger partial charge is 0.366 e. The molecule has 1 aromatic heterocycles. The zero-order chi connectivity index (χ0) is 16.1. The molecule has 1 aliphatic heterocycles. The number of ether oxygens (including phenoxy) is 1. The van der Waals surface area contributed by atoms with Gasteiger partial charge in [-0.25, -0.2) is 4.98 Å². The van der Waals surface area contributed by atoms with Crippen LogP contribution in [-0.2, 0) is 22.6 Å². The molecule has 0 unspecified atom stereocenters. The fraction of sp³-hybridized carbons (Fsp3) is 0.412. The van der Waals surface area contributed by atoms with Gasteiger partial charge in [-0.05, 0) is 18.1 Å². The zero-order valence-electron chi connectivity index (χ0n) is 13.3. The number of imidazole rings is 1. The first kappa shape index (κ1) is 15.7. The first-order valence-corrected chi connectivity index (χ1v) is 7.88. The van der Waals surface area contributed by atoms with Crippen LogP contribution in [0.25, 0.3) is 0 Å². The molecule has 122 valence electrons. The van der Waals surface area contributed by atoms with E-state index in [-0.39, 0.29) is 12.0 Å². The van der Waals surface area contributed by atoms with E-state index in [0.29, 0.717) is 19.7 Å². The Balaban J connectivity index is 1.57. The van der Waals surface area contributed by atoms with Gasteiger partial charge in [-0.1, -0.05) is 24.3 Å². The molecule has 6 nitrogen and oxygen atoms in total. The van der Waals surface area contributed by atoms with E-state index in [0.717, 1.165) is 24.5 Å². The molecule has 1 aliphatic rings. The van der Waals surface area contributed by atoms with E-state index >= 15 is 0 Å². The molecule has 0 radical (unpaired) electrons. The van der Waals surface area contributed by atoms with Gasteiger partial charge in [0.25, 0.3) is 5.91 Å². The molecule has 23 heavy (non-hydrogen) atoms. The minimum absolute atomic E-state index is 0.0620. The lowest BCUT2D eigenvalue weighted by atomic mass is 10.1. The number of aryl methyl sites for hydroxylation is 1. The van der Waals surface area contributed by atoms with Crippen molar-refractivity contribution in [3.8, 4) is 0 Å². The molecular formula is C17H22N4O2. The Hall–Kier alpha value is -2.18. The molecule has 2 heterocycles. The van der Waals surface area contributed by atoms with E-state index in [4.69, 9.17) is 4.74 Å². The standard InChI is InChI=1S/C17H22N4O2/c1-13-19-5-7-21(13)12-15-4-2-3-14(9-15)10-20-17(22)16-11-18-6-8-23-16/h2-5,7,9,16,18H,6,8,10-12H2,1H3,(H,20,22)/t16-/m0/s1. The van der Waals surface area contributed by atoms with E-state index < -0.39 is 0 Å². The van der Waals surface area contributed by atoms with Crippen molar-refractivity contribution in [2.75, 3.05) is 19.7 Å². The van der Waals surface area contributed by atoms with Gasteiger partial charge in [0.15, 0.2) is 0 Å². The Morgan fingerprint density at radius 1 is 1.48 bits per heavy atom. The molecule has 1 aromatic carbocycles. The highest BCUT2D eigenvalue weighted by molar-refractivity contribution is 5.81. The van der Waals surface area contributed by atoms with Crippen LogP contribution in [0, 0.1) is 6.92 Å². The fourth-order valence-corrected chi connectivity index (χ4v) is 2.64. The Labute approximate surface area is 135 Å². The van der Waals surface area contributed by atoms with Crippen molar-refractivity contribution in [1.29, 1.82) is 0 Å². The number of carbonyl (C=O) groups excluding carboxylic acids is 1. The topological polar surface area (TPSA) is 68.2 Å². The second kappa shape index (κ2) is 7.39. The second-order valence-electron chi connectivity index (χ2n) is 5.70. The molecule has 3 rings (SSSR count). The highest BCUT2D eigenvalue weighted by Gasteiger charge is 2.21. The number of morpholine rings is 1. The van der Waals surface area contributed by atoms with E-state index in [1.54, 1.807) is 6.20 Å². The van der Waals surface area contributed by atoms with E-state index in [9.17, 15) is 4.79 Å². The molecule has 2 aromatic rings. The summed E-state index contributed by atoms with van der Waals surface area (Å²) in [5.74, 6) is 0.929. The smallest absolute Gasteiger partial charge is 0.250 e. The van der Waals surface area contributed by atoms with Crippen molar-refractivity contribution in [2.45, 2.75) is 26.1 Å². The number of nitrogens with zero attached hydrogens (tertiary/aromatic N) is 2. The number of benzene rings is 1. The van der Waals surface area contributed by atoms with E-state index in [2.05, 4.69) is 32.3 Å². The number of nitrogens with one attached hydrogen (secondary N) is 2. The highest BCUT2D eigenvalue weighted by Crippen LogP contribution is 2.09. The summed E-state index contributed by atoms with van der Waals surface area (Å²) in [6, 6.07) is 8.23. The minimum atomic E-state index is -0.388. The molecule has 1 atom stereocenters. The maximum absolute atomic E-state index is 12.1. The Bertz CT molecular complexity index is 662. The van der Waals surface area contributed by atoms with Crippen LogP contribution < -0.4 is 10.6 Å². The van der Waals surface area contributed by atoms with Gasteiger partial charge >= 0.3 is 0 Å². The molecule has 0 bridgehead atoms. The molecule has 2 N–H and O–H groups in total. The maximum atomic E-state index is 12.1. The van der Waals surface area contributed by atoms with Crippen LogP contribution in [0.2, 0.25) is 0 Å². The quantitative estimate of drug-likeness (QED) is 0.858. The monoisotopic (exact) mass is 314 g/mol. The molecule has 1 saturated heterocycles. The summed E-state index contributed by atoms with van der Waals surface area (Å²) in [5, 5.41) is 6.10. The third-order valence-corrected chi connectivity index (χ3v) is 3.95. The van der Waals surface area contributed by atoms with Crippen LogP contribution in [0.5, 0.6) is 0 Å². The number of carbonyl (C=O) groups is 1.